The van der Waals surface area contributed by atoms with E-state index in [4.69, 9.17) is 9.72 Å². The van der Waals surface area contributed by atoms with Gasteiger partial charge in [0.15, 0.2) is 0 Å². The molecular formula is C41H49N7O4. The number of allylic oxidation sites excluding steroid dienone is 1. The first-order valence-corrected chi connectivity index (χ1v) is 18.6. The minimum Gasteiger partial charge on any atom is -0.489 e. The van der Waals surface area contributed by atoms with Crippen LogP contribution in [0.4, 0.5) is 11.4 Å². The SMILES string of the molecule is C=C1CCC(Nc2ccc(C3CCN(C(=O)CN4CCC(c5cn6cc(NC(=O)c7ccccc7)c(OC(C)C)cc6n5)CC4)CC3)cc2)C(=O)N1. The number of fused-ring (bicyclic) bond motifs is 1. The molecule has 3 aliphatic rings. The van der Waals surface area contributed by atoms with Crippen LogP contribution in [0.5, 0.6) is 5.75 Å². The molecule has 52 heavy (non-hydrogen) atoms. The van der Waals surface area contributed by atoms with Gasteiger partial charge in [-0.3, -0.25) is 19.3 Å². The number of hydrogen-bond donors (Lipinski definition) is 3. The van der Waals surface area contributed by atoms with Crippen LogP contribution < -0.4 is 20.7 Å². The maximum Gasteiger partial charge on any atom is 0.255 e. The van der Waals surface area contributed by atoms with Crippen LogP contribution in [0.15, 0.2) is 85.3 Å². The van der Waals surface area contributed by atoms with Gasteiger partial charge in [-0.05, 0) is 101 Å². The zero-order valence-electron chi connectivity index (χ0n) is 30.1. The third-order valence-corrected chi connectivity index (χ3v) is 10.5. The Bertz CT molecular complexity index is 1910. The summed E-state index contributed by atoms with van der Waals surface area (Å²) in [6, 6.07) is 19.2. The molecule has 3 fully saturated rings. The Kier molecular flexibility index (Phi) is 10.6. The molecule has 1 unspecified atom stereocenters. The number of ether oxygens (including phenoxy) is 1. The summed E-state index contributed by atoms with van der Waals surface area (Å²) in [6.45, 7) is 11.5. The van der Waals surface area contributed by atoms with E-state index in [1.54, 1.807) is 12.1 Å². The Labute approximate surface area is 305 Å². The van der Waals surface area contributed by atoms with Gasteiger partial charge in [0.25, 0.3) is 5.91 Å². The highest BCUT2D eigenvalue weighted by Crippen LogP contribution is 2.33. The minimum absolute atomic E-state index is 0.0256. The highest BCUT2D eigenvalue weighted by atomic mass is 16.5. The number of aromatic nitrogens is 2. The summed E-state index contributed by atoms with van der Waals surface area (Å²) in [4.78, 5) is 47.8. The van der Waals surface area contributed by atoms with Crippen molar-refractivity contribution in [2.75, 3.05) is 43.4 Å². The molecule has 11 nitrogen and oxygen atoms in total. The molecule has 272 valence electrons. The molecule has 1 atom stereocenters. The Hall–Kier alpha value is -5.16. The predicted octanol–water partition coefficient (Wildman–Crippen LogP) is 6.16. The summed E-state index contributed by atoms with van der Waals surface area (Å²) >= 11 is 0. The number of anilines is 2. The van der Waals surface area contributed by atoms with Gasteiger partial charge in [-0.15, -0.1) is 0 Å². The van der Waals surface area contributed by atoms with Crippen LogP contribution in [-0.4, -0.2) is 81.8 Å². The van der Waals surface area contributed by atoms with Gasteiger partial charge in [0, 0.05) is 54.4 Å². The zero-order chi connectivity index (χ0) is 36.2. The molecule has 4 aromatic rings. The zero-order valence-corrected chi connectivity index (χ0v) is 30.1. The number of imidazole rings is 1. The predicted molar refractivity (Wildman–Crippen MR) is 203 cm³/mol. The normalized spacial score (nSPS) is 19.1. The number of carbonyl (C=O) groups is 3. The number of nitrogens with zero attached hydrogens (tertiary/aromatic N) is 4. The van der Waals surface area contributed by atoms with E-state index in [2.05, 4.69) is 57.9 Å². The lowest BCUT2D eigenvalue weighted by Crippen LogP contribution is -2.45. The maximum absolute atomic E-state index is 13.3. The Morgan fingerprint density at radius 2 is 1.65 bits per heavy atom. The van der Waals surface area contributed by atoms with Crippen molar-refractivity contribution in [1.29, 1.82) is 0 Å². The highest BCUT2D eigenvalue weighted by Gasteiger charge is 2.29. The molecule has 2 aromatic carbocycles. The molecule has 7 rings (SSSR count). The van der Waals surface area contributed by atoms with Crippen LogP contribution in [0.1, 0.15) is 85.8 Å². The number of rotatable bonds is 10. The number of carbonyl (C=O) groups excluding carboxylic acids is 3. The van der Waals surface area contributed by atoms with E-state index >= 15 is 0 Å². The van der Waals surface area contributed by atoms with Crippen molar-refractivity contribution in [1.82, 2.24) is 24.5 Å². The Morgan fingerprint density at radius 1 is 0.942 bits per heavy atom. The van der Waals surface area contributed by atoms with Crippen LogP contribution in [-0.2, 0) is 9.59 Å². The topological polar surface area (TPSA) is 120 Å². The molecular weight excluding hydrogens is 654 g/mol. The van der Waals surface area contributed by atoms with E-state index in [-0.39, 0.29) is 29.9 Å². The van der Waals surface area contributed by atoms with Crippen molar-refractivity contribution in [3.05, 3.63) is 102 Å². The van der Waals surface area contributed by atoms with Crippen molar-refractivity contribution in [3.8, 4) is 5.75 Å². The summed E-state index contributed by atoms with van der Waals surface area (Å²) in [6.07, 6.45) is 9.15. The lowest BCUT2D eigenvalue weighted by molar-refractivity contribution is -0.133. The number of nitrogens with one attached hydrogen (secondary N) is 3. The number of likely N-dealkylation sites (tertiary alicyclic amines) is 2. The second kappa shape index (κ2) is 15.6. The summed E-state index contributed by atoms with van der Waals surface area (Å²) in [5.41, 5.74) is 5.98. The number of hydrogen-bond acceptors (Lipinski definition) is 7. The first-order valence-electron chi connectivity index (χ1n) is 18.6. The number of amides is 3. The number of benzene rings is 2. The third kappa shape index (κ3) is 8.31. The van der Waals surface area contributed by atoms with Gasteiger partial charge in [0.2, 0.25) is 11.8 Å². The second-order valence-corrected chi connectivity index (χ2v) is 14.6. The molecule has 0 radical (unpaired) electrons. The smallest absolute Gasteiger partial charge is 0.255 e. The molecule has 3 saturated heterocycles. The minimum atomic E-state index is -0.239. The third-order valence-electron chi connectivity index (χ3n) is 10.5. The summed E-state index contributed by atoms with van der Waals surface area (Å²) in [7, 11) is 0. The van der Waals surface area contributed by atoms with Crippen molar-refractivity contribution in [3.63, 3.8) is 0 Å². The van der Waals surface area contributed by atoms with Gasteiger partial charge in [0.1, 0.15) is 23.1 Å². The van der Waals surface area contributed by atoms with E-state index in [1.165, 1.54) is 5.56 Å². The van der Waals surface area contributed by atoms with Crippen LogP contribution in [0.3, 0.4) is 0 Å². The van der Waals surface area contributed by atoms with Crippen molar-refractivity contribution >= 4 is 34.7 Å². The van der Waals surface area contributed by atoms with E-state index in [0.29, 0.717) is 35.4 Å². The fourth-order valence-electron chi connectivity index (χ4n) is 7.57. The molecule has 0 saturated carbocycles. The van der Waals surface area contributed by atoms with Gasteiger partial charge in [0.05, 0.1) is 18.3 Å². The van der Waals surface area contributed by atoms with Gasteiger partial charge in [-0.2, -0.15) is 0 Å². The van der Waals surface area contributed by atoms with Crippen molar-refractivity contribution < 1.29 is 19.1 Å². The van der Waals surface area contributed by atoms with Crippen LogP contribution in [0, 0.1) is 0 Å². The first kappa shape index (κ1) is 35.3. The van der Waals surface area contributed by atoms with E-state index < -0.39 is 0 Å². The van der Waals surface area contributed by atoms with Gasteiger partial charge < -0.3 is 30.0 Å². The Morgan fingerprint density at radius 3 is 2.35 bits per heavy atom. The van der Waals surface area contributed by atoms with Gasteiger partial charge >= 0.3 is 0 Å². The molecule has 0 aliphatic carbocycles. The molecule has 0 spiro atoms. The van der Waals surface area contributed by atoms with E-state index in [1.807, 2.05) is 53.6 Å². The highest BCUT2D eigenvalue weighted by molar-refractivity contribution is 6.05. The molecule has 3 N–H and O–H groups in total. The lowest BCUT2D eigenvalue weighted by Gasteiger charge is -2.35. The fourth-order valence-corrected chi connectivity index (χ4v) is 7.57. The largest absolute Gasteiger partial charge is 0.489 e. The molecule has 5 heterocycles. The summed E-state index contributed by atoms with van der Waals surface area (Å²) in [5.74, 6) is 1.29. The quantitative estimate of drug-likeness (QED) is 0.181. The van der Waals surface area contributed by atoms with Crippen LogP contribution >= 0.6 is 0 Å². The van der Waals surface area contributed by atoms with Gasteiger partial charge in [-0.1, -0.05) is 36.9 Å². The number of pyridine rings is 1. The molecule has 2 aromatic heterocycles. The monoisotopic (exact) mass is 703 g/mol. The van der Waals surface area contributed by atoms with Gasteiger partial charge in [-0.25, -0.2) is 4.98 Å². The summed E-state index contributed by atoms with van der Waals surface area (Å²) in [5, 5.41) is 9.20. The second-order valence-electron chi connectivity index (χ2n) is 14.6. The standard InChI is InChI=1S/C41H49N7O4/c1-27(2)52-37-23-38-44-35(24-48(38)25-36(37)45-40(50)32-7-5-4-6-8-32)31-15-19-46(20-16-31)26-39(49)47-21-17-30(18-22-47)29-10-12-33(13-11-29)43-34-14-9-28(3)42-41(34)51/h4-8,10-13,23-25,27,30-31,34,43H,3,9,14-22,26H2,1-2H3,(H,42,51)(H,45,50). The average Bonchev–Trinajstić information content (AvgIpc) is 3.56. The van der Waals surface area contributed by atoms with Crippen LogP contribution in [0.2, 0.25) is 0 Å². The first-order chi connectivity index (χ1) is 25.2. The van der Waals surface area contributed by atoms with Crippen molar-refractivity contribution in [2.24, 2.45) is 0 Å². The molecule has 0 bridgehead atoms. The summed E-state index contributed by atoms with van der Waals surface area (Å²) < 4.78 is 8.04. The lowest BCUT2D eigenvalue weighted by atomic mass is 9.89. The number of piperidine rings is 3. The molecule has 3 amide bonds. The molecule has 3 aliphatic heterocycles. The maximum atomic E-state index is 13.3. The van der Waals surface area contributed by atoms with E-state index in [0.717, 1.165) is 87.4 Å². The van der Waals surface area contributed by atoms with Crippen molar-refractivity contribution in [2.45, 2.75) is 76.4 Å². The average molecular weight is 704 g/mol. The van der Waals surface area contributed by atoms with Crippen LogP contribution in [0.25, 0.3) is 5.65 Å². The molecule has 11 heteroatoms. The fraction of sp³-hybridized carbons (Fsp3) is 0.415. The Balaban J connectivity index is 0.892. The van der Waals surface area contributed by atoms with E-state index in [9.17, 15) is 14.4 Å².